The van der Waals surface area contributed by atoms with Gasteiger partial charge >= 0.3 is 0 Å². The Hall–Kier alpha value is -3.53. The molecule has 6 nitrogen and oxygen atoms in total. The Morgan fingerprint density at radius 1 is 0.592 bits per heavy atom. The van der Waals surface area contributed by atoms with Gasteiger partial charge in [0.05, 0.1) is 51.7 Å². The second-order valence-corrected chi connectivity index (χ2v) is 24.4. The maximum atomic E-state index is 16.6. The second-order valence-electron chi connectivity index (χ2n) is 19.4. The van der Waals surface area contributed by atoms with E-state index >= 15 is 4.39 Å². The van der Waals surface area contributed by atoms with Crippen LogP contribution in [0.5, 0.6) is 11.5 Å². The minimum atomic E-state index is -0.467. The predicted octanol–water partition coefficient (Wildman–Crippen LogP) is 20.6. The lowest BCUT2D eigenvalue weighted by molar-refractivity contribution is 0.262. The molecule has 7 rings (SSSR count). The number of thiophene rings is 4. The number of hydrogen-bond acceptors (Lipinski definition) is 12. The fraction of sp³-hybridized carbons (Fsp3) is 0.509. The van der Waals surface area contributed by atoms with Crippen LogP contribution < -0.4 is 9.47 Å². The topological polar surface area (TPSA) is 80.5 Å². The lowest BCUT2D eigenvalue weighted by Crippen LogP contribution is -2.15. The predicted molar refractivity (Wildman–Crippen MR) is 310 cm³/mol. The highest BCUT2D eigenvalue weighted by atomic mass is 32.1. The summed E-state index contributed by atoms with van der Waals surface area (Å²) in [5.74, 6) is 0.670. The molecular weight excluding hydrogens is 1000 g/mol. The Labute approximate surface area is 447 Å². The number of nitrogens with one attached hydrogen (secondary N) is 1. The molecule has 6 aromatic rings. The first-order chi connectivity index (χ1) is 34.6. The standard InChI is InChI=1S/C57H72F2N4O2S6/c1-6-9-11-13-15-17-19-21-23-25-33-64-53-54(65-34-26-24-22-20-18-16-14-12-10-7-2)56(70-55(53)46-29-27-43(67-46)39-35-38(58)36-42(61-66)50(39)60)47-30-28-44(68-47)40-37-41(59)49(52-51(40)62-71-63-52)45-31-32-48(69-45)57(4,5)8-3/h27-32,35-37,60,66H,6-26,33-34H2,1-5H3/b60-50?,61-42-. The van der Waals surface area contributed by atoms with E-state index in [-0.39, 0.29) is 22.7 Å². The van der Waals surface area contributed by atoms with Crippen LogP contribution in [0.1, 0.15) is 179 Å². The lowest BCUT2D eigenvalue weighted by Gasteiger charge is -2.20. The summed E-state index contributed by atoms with van der Waals surface area (Å²) >= 11 is 11.5. The third-order valence-corrected chi connectivity index (χ3v) is 19.5. The lowest BCUT2D eigenvalue weighted by atomic mass is 9.89. The van der Waals surface area contributed by atoms with Crippen LogP contribution in [0.4, 0.5) is 8.78 Å². The fourth-order valence-corrected chi connectivity index (χ4v) is 14.3. The Bertz CT molecular complexity index is 2750. The molecule has 1 aromatic carbocycles. The normalized spacial score (nSPS) is 13.7. The number of benzene rings is 1. The molecule has 1 N–H and O–H groups in total. The summed E-state index contributed by atoms with van der Waals surface area (Å²) in [6.07, 6.45) is 28.3. The van der Waals surface area contributed by atoms with Crippen molar-refractivity contribution in [2.24, 2.45) is 4.40 Å². The molecule has 14 heteroatoms. The molecule has 5 heterocycles. The number of rotatable bonds is 31. The highest BCUT2D eigenvalue weighted by molar-refractivity contribution is 7.79. The molecule has 0 unspecified atom stereocenters. The second kappa shape index (κ2) is 27.7. The molecule has 0 radical (unpaired) electrons. The van der Waals surface area contributed by atoms with E-state index in [1.54, 1.807) is 40.1 Å². The number of hydrogen-bond donors (Lipinski definition) is 2. The average molecular weight is 1080 g/mol. The molecule has 0 aliphatic heterocycles. The number of halogens is 2. The Morgan fingerprint density at radius 3 is 1.63 bits per heavy atom. The maximum Gasteiger partial charge on any atom is 0.181 e. The molecule has 0 saturated carbocycles. The van der Waals surface area contributed by atoms with Gasteiger partial charge in [-0.05, 0) is 86.0 Å². The van der Waals surface area contributed by atoms with Gasteiger partial charge < -0.3 is 9.47 Å². The zero-order valence-electron chi connectivity index (χ0n) is 42.4. The Morgan fingerprint density at radius 2 is 1.08 bits per heavy atom. The summed E-state index contributed by atoms with van der Waals surface area (Å²) in [4.78, 5) is 7.54. The fourth-order valence-electron chi connectivity index (χ4n) is 8.93. The maximum absolute atomic E-state index is 16.6. The van der Waals surface area contributed by atoms with E-state index in [1.807, 2.05) is 18.2 Å². The van der Waals surface area contributed by atoms with Crippen LogP contribution in [0.2, 0.25) is 0 Å². The van der Waals surface area contributed by atoms with Crippen LogP contribution in [0.15, 0.2) is 64.8 Å². The van der Waals surface area contributed by atoms with Crippen molar-refractivity contribution in [3.63, 3.8) is 0 Å². The molecular formula is C57H72F2N4O2S6. The molecule has 0 spiro atoms. The monoisotopic (exact) mass is 1070 g/mol. The van der Waals surface area contributed by atoms with Crippen molar-refractivity contribution in [1.82, 2.24) is 8.75 Å². The molecule has 5 aromatic heterocycles. The smallest absolute Gasteiger partial charge is 0.181 e. The van der Waals surface area contributed by atoms with Gasteiger partial charge in [0.15, 0.2) is 11.5 Å². The molecule has 0 amide bonds. The number of ether oxygens (including phenoxy) is 2. The first kappa shape index (κ1) is 55.2. The number of fused-ring (bicyclic) bond motifs is 1. The van der Waals surface area contributed by atoms with E-state index < -0.39 is 5.83 Å². The molecule has 0 bridgehead atoms. The SMILES string of the molecule is CCCCCCCCCCCCOc1c(-c2ccc(C3=CC(F)=C/C(=N/S)C3=N)s2)sc(-c2ccc(-c3cc(F)c(-c4ccc(C(C)(C)CC)s4)c4nsnc34)s2)c1OCCCCCCCCCCCC. The third-order valence-electron chi connectivity index (χ3n) is 13.6. The Kier molecular flexibility index (Phi) is 21.5. The number of thiol groups is 1. The number of aromatic nitrogens is 2. The summed E-state index contributed by atoms with van der Waals surface area (Å²) in [7, 11) is 0. The number of unbranched alkanes of at least 4 members (excludes halogenated alkanes) is 18. The van der Waals surface area contributed by atoms with Gasteiger partial charge in [0, 0.05) is 46.5 Å². The van der Waals surface area contributed by atoms with E-state index in [1.165, 1.54) is 131 Å². The molecule has 0 saturated heterocycles. The molecule has 382 valence electrons. The van der Waals surface area contributed by atoms with Crippen LogP contribution in [0.3, 0.4) is 0 Å². The van der Waals surface area contributed by atoms with E-state index in [0.29, 0.717) is 35.4 Å². The van der Waals surface area contributed by atoms with Crippen molar-refractivity contribution in [2.75, 3.05) is 13.2 Å². The zero-order valence-corrected chi connectivity index (χ0v) is 47.3. The largest absolute Gasteiger partial charge is 0.488 e. The van der Waals surface area contributed by atoms with Gasteiger partial charge in [-0.3, -0.25) is 5.41 Å². The van der Waals surface area contributed by atoms with Gasteiger partial charge in [-0.25, -0.2) is 13.2 Å². The molecule has 1 aliphatic carbocycles. The molecule has 0 atom stereocenters. The molecule has 71 heavy (non-hydrogen) atoms. The van der Waals surface area contributed by atoms with Crippen LogP contribution in [0.25, 0.3) is 57.0 Å². The van der Waals surface area contributed by atoms with Crippen LogP contribution in [-0.2, 0) is 5.41 Å². The van der Waals surface area contributed by atoms with Gasteiger partial charge in [-0.1, -0.05) is 150 Å². The first-order valence-corrected chi connectivity index (χ1v) is 30.6. The van der Waals surface area contributed by atoms with Crippen molar-refractivity contribution < 1.29 is 18.3 Å². The minimum Gasteiger partial charge on any atom is -0.488 e. The number of allylic oxidation sites excluding steroid dienone is 4. The van der Waals surface area contributed by atoms with Gasteiger partial charge in [0.25, 0.3) is 0 Å². The van der Waals surface area contributed by atoms with Gasteiger partial charge in [-0.2, -0.15) is 8.75 Å². The van der Waals surface area contributed by atoms with Crippen molar-refractivity contribution >= 4 is 97.9 Å². The number of nitrogens with zero attached hydrogens (tertiary/aromatic N) is 3. The average Bonchev–Trinajstić information content (AvgIpc) is 4.24. The highest BCUT2D eigenvalue weighted by Crippen LogP contribution is 2.56. The minimum absolute atomic E-state index is 0.00717. The van der Waals surface area contributed by atoms with Gasteiger partial charge in [0.2, 0.25) is 0 Å². The summed E-state index contributed by atoms with van der Waals surface area (Å²) in [6, 6.07) is 13.9. The van der Waals surface area contributed by atoms with Gasteiger partial charge in [-0.15, -0.1) is 45.3 Å². The molecule has 0 fully saturated rings. The van der Waals surface area contributed by atoms with Crippen molar-refractivity contribution in [2.45, 2.75) is 175 Å². The van der Waals surface area contributed by atoms with Crippen molar-refractivity contribution in [3.05, 3.63) is 76.0 Å². The Balaban J connectivity index is 1.20. The van der Waals surface area contributed by atoms with Crippen LogP contribution in [0, 0.1) is 11.2 Å². The van der Waals surface area contributed by atoms with E-state index in [4.69, 9.17) is 19.3 Å². The third kappa shape index (κ3) is 14.4. The highest BCUT2D eigenvalue weighted by Gasteiger charge is 2.29. The van der Waals surface area contributed by atoms with Crippen molar-refractivity contribution in [1.29, 1.82) is 5.41 Å². The summed E-state index contributed by atoms with van der Waals surface area (Å²) in [5, 5.41) is 8.82. The first-order valence-electron chi connectivity index (χ1n) is 26.2. The van der Waals surface area contributed by atoms with Crippen LogP contribution >= 0.6 is 69.9 Å². The summed E-state index contributed by atoms with van der Waals surface area (Å²) < 4.78 is 58.6. The zero-order chi connectivity index (χ0) is 50.2. The summed E-state index contributed by atoms with van der Waals surface area (Å²) in [5.41, 5.74) is 3.27. The van der Waals surface area contributed by atoms with E-state index in [0.717, 1.165) is 95.0 Å². The molecule has 1 aliphatic rings. The van der Waals surface area contributed by atoms with E-state index in [9.17, 15) is 4.39 Å². The van der Waals surface area contributed by atoms with Crippen molar-refractivity contribution in [3.8, 4) is 51.9 Å². The quantitative estimate of drug-likeness (QED) is 0.0258. The summed E-state index contributed by atoms with van der Waals surface area (Å²) in [6.45, 7) is 12.3. The van der Waals surface area contributed by atoms with Crippen LogP contribution in [-0.4, -0.2) is 33.4 Å². The van der Waals surface area contributed by atoms with E-state index in [2.05, 4.69) is 74.4 Å². The van der Waals surface area contributed by atoms with Gasteiger partial charge in [0.1, 0.15) is 22.7 Å².